The molecule has 2 aliphatic rings. The number of carbonyl (C=O) groups excluding carboxylic acids is 1. The molecular formula is C16H24N2O. The van der Waals surface area contributed by atoms with Crippen molar-refractivity contribution in [3.8, 4) is 0 Å². The monoisotopic (exact) mass is 260 g/mol. The van der Waals surface area contributed by atoms with Crippen molar-refractivity contribution in [3.05, 3.63) is 18.7 Å². The van der Waals surface area contributed by atoms with Crippen LogP contribution in [0.2, 0.25) is 0 Å². The van der Waals surface area contributed by atoms with Gasteiger partial charge in [-0.1, -0.05) is 13.8 Å². The minimum Gasteiger partial charge on any atom is -0.276 e. The first-order valence-corrected chi connectivity index (χ1v) is 7.65. The lowest BCUT2D eigenvalue weighted by atomic mass is 9.57. The van der Waals surface area contributed by atoms with Crippen LogP contribution >= 0.6 is 0 Å². The summed E-state index contributed by atoms with van der Waals surface area (Å²) >= 11 is 0. The highest BCUT2D eigenvalue weighted by atomic mass is 16.2. The molecular weight excluding hydrogens is 236 g/mol. The minimum absolute atomic E-state index is 0.131. The maximum atomic E-state index is 12.8. The maximum absolute atomic E-state index is 12.8. The van der Waals surface area contributed by atoms with Crippen molar-refractivity contribution in [2.24, 2.45) is 23.2 Å². The van der Waals surface area contributed by atoms with E-state index in [9.17, 15) is 4.79 Å². The normalized spacial score (nSPS) is 38.1. The first-order valence-electron chi connectivity index (χ1n) is 7.65. The molecule has 0 N–H and O–H groups in total. The van der Waals surface area contributed by atoms with Gasteiger partial charge < -0.3 is 0 Å². The quantitative estimate of drug-likeness (QED) is 0.811. The zero-order chi connectivity index (χ0) is 13.5. The first kappa shape index (κ1) is 12.9. The van der Waals surface area contributed by atoms with Crippen LogP contribution in [0.4, 0.5) is 0 Å². The summed E-state index contributed by atoms with van der Waals surface area (Å²) in [4.78, 5) is 16.9. The molecule has 0 amide bonds. The molecule has 104 valence electrons. The molecule has 0 aromatic carbocycles. The smallest absolute Gasteiger partial charge is 0.238 e. The standard InChI is InChI=1S/C16H24N2O/c1-3-16(15(19)18-5-4-17-11-18)9-13-6-12(2)7-14(8-13)10-16/h4-5,11-14H,3,6-10H2,1-2H3. The average molecular weight is 260 g/mol. The van der Waals surface area contributed by atoms with Gasteiger partial charge in [-0.15, -0.1) is 0 Å². The predicted molar refractivity (Wildman–Crippen MR) is 74.8 cm³/mol. The Balaban J connectivity index is 1.86. The Morgan fingerprint density at radius 1 is 1.32 bits per heavy atom. The summed E-state index contributed by atoms with van der Waals surface area (Å²) in [5, 5.41) is 0. The molecule has 1 aromatic rings. The van der Waals surface area contributed by atoms with Crippen molar-refractivity contribution in [2.45, 2.75) is 52.4 Å². The third kappa shape index (κ3) is 2.24. The van der Waals surface area contributed by atoms with E-state index < -0.39 is 0 Å². The van der Waals surface area contributed by atoms with Gasteiger partial charge in [-0.05, 0) is 56.3 Å². The van der Waals surface area contributed by atoms with Crippen molar-refractivity contribution in [1.29, 1.82) is 0 Å². The number of rotatable bonds is 2. The van der Waals surface area contributed by atoms with Crippen LogP contribution in [0, 0.1) is 23.2 Å². The van der Waals surface area contributed by atoms with Crippen LogP contribution in [0.1, 0.15) is 57.2 Å². The van der Waals surface area contributed by atoms with Gasteiger partial charge in [-0.2, -0.15) is 0 Å². The first-order chi connectivity index (χ1) is 9.13. The molecule has 0 saturated heterocycles. The van der Waals surface area contributed by atoms with Gasteiger partial charge in [-0.3, -0.25) is 9.36 Å². The van der Waals surface area contributed by atoms with E-state index in [-0.39, 0.29) is 11.3 Å². The van der Waals surface area contributed by atoms with Gasteiger partial charge in [0.15, 0.2) is 0 Å². The second kappa shape index (κ2) is 4.77. The van der Waals surface area contributed by atoms with Crippen molar-refractivity contribution < 1.29 is 4.79 Å². The van der Waals surface area contributed by atoms with Gasteiger partial charge in [-0.25, -0.2) is 4.98 Å². The van der Waals surface area contributed by atoms with Crippen LogP contribution in [0.15, 0.2) is 18.7 Å². The summed E-state index contributed by atoms with van der Waals surface area (Å²) in [5.41, 5.74) is -0.131. The highest BCUT2D eigenvalue weighted by Crippen LogP contribution is 2.52. The van der Waals surface area contributed by atoms with Gasteiger partial charge in [0, 0.05) is 12.4 Å². The van der Waals surface area contributed by atoms with E-state index in [1.165, 1.54) is 19.3 Å². The van der Waals surface area contributed by atoms with Gasteiger partial charge >= 0.3 is 0 Å². The van der Waals surface area contributed by atoms with E-state index in [1.54, 1.807) is 23.3 Å². The van der Waals surface area contributed by atoms with E-state index >= 15 is 0 Å². The Kier molecular flexibility index (Phi) is 3.23. The Hall–Kier alpha value is -1.12. The number of aromatic nitrogens is 2. The molecule has 0 spiro atoms. The van der Waals surface area contributed by atoms with E-state index in [2.05, 4.69) is 18.8 Å². The lowest BCUT2D eigenvalue weighted by Gasteiger charge is -2.47. The highest BCUT2D eigenvalue weighted by molar-refractivity contribution is 5.85. The number of nitrogens with zero attached hydrogens (tertiary/aromatic N) is 2. The molecule has 2 saturated carbocycles. The molecule has 2 atom stereocenters. The second-order valence-corrected chi connectivity index (χ2v) is 6.86. The molecule has 3 nitrogen and oxygen atoms in total. The third-order valence-corrected chi connectivity index (χ3v) is 5.37. The summed E-state index contributed by atoms with van der Waals surface area (Å²) in [6.07, 6.45) is 12.3. The molecule has 3 rings (SSSR count). The van der Waals surface area contributed by atoms with Crippen LogP contribution in [0.5, 0.6) is 0 Å². The second-order valence-electron chi connectivity index (χ2n) is 6.86. The van der Waals surface area contributed by atoms with Crippen molar-refractivity contribution in [2.75, 3.05) is 0 Å². The van der Waals surface area contributed by atoms with E-state index in [0.717, 1.165) is 37.0 Å². The van der Waals surface area contributed by atoms with Crippen LogP contribution in [-0.4, -0.2) is 15.5 Å². The molecule has 3 heteroatoms. The fourth-order valence-corrected chi connectivity index (χ4v) is 4.69. The minimum atomic E-state index is -0.131. The van der Waals surface area contributed by atoms with E-state index in [0.29, 0.717) is 0 Å². The largest absolute Gasteiger partial charge is 0.276 e. The zero-order valence-electron chi connectivity index (χ0n) is 12.0. The zero-order valence-corrected chi connectivity index (χ0v) is 12.0. The fourth-order valence-electron chi connectivity index (χ4n) is 4.69. The molecule has 2 aliphatic carbocycles. The van der Waals surface area contributed by atoms with Crippen molar-refractivity contribution in [3.63, 3.8) is 0 Å². The third-order valence-electron chi connectivity index (χ3n) is 5.37. The number of imidazole rings is 1. The van der Waals surface area contributed by atoms with Gasteiger partial charge in [0.1, 0.15) is 6.33 Å². The predicted octanol–water partition coefficient (Wildman–Crippen LogP) is 3.77. The highest BCUT2D eigenvalue weighted by Gasteiger charge is 2.47. The van der Waals surface area contributed by atoms with E-state index in [1.807, 2.05) is 0 Å². The molecule has 0 radical (unpaired) electrons. The lowest BCUT2D eigenvalue weighted by Crippen LogP contribution is -2.44. The van der Waals surface area contributed by atoms with Crippen LogP contribution < -0.4 is 0 Å². The summed E-state index contributed by atoms with van der Waals surface area (Å²) in [6.45, 7) is 4.55. The number of hydrogen-bond acceptors (Lipinski definition) is 2. The van der Waals surface area contributed by atoms with Crippen LogP contribution in [-0.2, 0) is 0 Å². The van der Waals surface area contributed by atoms with Gasteiger partial charge in [0.2, 0.25) is 5.91 Å². The Labute approximate surface area is 115 Å². The SMILES string of the molecule is CCC1(C(=O)n2ccnc2)CC2CC(C)CC(C2)C1. The summed E-state index contributed by atoms with van der Waals surface area (Å²) in [7, 11) is 0. The lowest BCUT2D eigenvalue weighted by molar-refractivity contribution is 0.0210. The van der Waals surface area contributed by atoms with Gasteiger partial charge in [0.05, 0.1) is 5.41 Å². The molecule has 2 bridgehead atoms. The molecule has 2 fully saturated rings. The summed E-state index contributed by atoms with van der Waals surface area (Å²) in [5.74, 6) is 2.64. The van der Waals surface area contributed by atoms with Crippen LogP contribution in [0.25, 0.3) is 0 Å². The number of fused-ring (bicyclic) bond motifs is 2. The maximum Gasteiger partial charge on any atom is 0.238 e. The number of carbonyl (C=O) groups is 1. The number of hydrogen-bond donors (Lipinski definition) is 0. The molecule has 1 aromatic heterocycles. The Bertz CT molecular complexity index is 433. The van der Waals surface area contributed by atoms with Crippen molar-refractivity contribution in [1.82, 2.24) is 9.55 Å². The van der Waals surface area contributed by atoms with E-state index in [4.69, 9.17) is 0 Å². The van der Waals surface area contributed by atoms with Gasteiger partial charge in [0.25, 0.3) is 0 Å². The molecule has 0 aliphatic heterocycles. The summed E-state index contributed by atoms with van der Waals surface area (Å²) in [6, 6.07) is 0. The van der Waals surface area contributed by atoms with Crippen molar-refractivity contribution >= 4 is 5.91 Å². The Morgan fingerprint density at radius 2 is 2.00 bits per heavy atom. The molecule has 2 unspecified atom stereocenters. The average Bonchev–Trinajstić information content (AvgIpc) is 2.89. The van der Waals surface area contributed by atoms with Crippen LogP contribution in [0.3, 0.4) is 0 Å². The molecule has 19 heavy (non-hydrogen) atoms. The Morgan fingerprint density at radius 3 is 2.53 bits per heavy atom. The fraction of sp³-hybridized carbons (Fsp3) is 0.750. The topological polar surface area (TPSA) is 34.9 Å². The molecule has 1 heterocycles. The summed E-state index contributed by atoms with van der Waals surface area (Å²) < 4.78 is 1.70.